The van der Waals surface area contributed by atoms with Crippen molar-refractivity contribution in [1.29, 1.82) is 5.26 Å². The Labute approximate surface area is 48.2 Å². The molecule has 0 unspecified atom stereocenters. The van der Waals surface area contributed by atoms with Gasteiger partial charge in [-0.25, -0.2) is 0 Å². The highest BCUT2D eigenvalue weighted by Crippen LogP contribution is 2.04. The molecule has 0 aliphatic rings. The molecule has 0 fully saturated rings. The highest BCUT2D eigenvalue weighted by molar-refractivity contribution is 6.29. The van der Waals surface area contributed by atoms with Gasteiger partial charge in [-0.3, -0.25) is 0 Å². The van der Waals surface area contributed by atoms with Crippen molar-refractivity contribution >= 4 is 11.6 Å². The van der Waals surface area contributed by atoms with Gasteiger partial charge in [-0.05, 0) is 6.42 Å². The number of halogens is 1. The lowest BCUT2D eigenvalue weighted by Crippen LogP contribution is -1.65. The van der Waals surface area contributed by atoms with Crippen LogP contribution < -0.4 is 0 Å². The van der Waals surface area contributed by atoms with E-state index in [-0.39, 0.29) is 0 Å². The fourth-order valence-corrected chi connectivity index (χ4v) is 0.286. The predicted octanol–water partition coefficient (Wildman–Crippen LogP) is 2.04. The summed E-state index contributed by atoms with van der Waals surface area (Å²) in [6.45, 7) is 3.41. The summed E-state index contributed by atoms with van der Waals surface area (Å²) >= 11 is 5.31. The summed E-state index contributed by atoms with van der Waals surface area (Å²) in [7, 11) is 0. The van der Waals surface area contributed by atoms with Crippen LogP contribution in [-0.4, -0.2) is 0 Å². The maximum atomic E-state index is 7.97. The molecule has 0 aromatic rings. The quantitative estimate of drug-likeness (QED) is 0.540. The summed E-state index contributed by atoms with van der Waals surface area (Å²) in [6.07, 6.45) is 1.08. The van der Waals surface area contributed by atoms with E-state index in [1.54, 1.807) is 0 Å². The van der Waals surface area contributed by atoms with Crippen molar-refractivity contribution < 1.29 is 0 Å². The van der Waals surface area contributed by atoms with E-state index in [1.807, 2.05) is 6.07 Å². The van der Waals surface area contributed by atoms with Crippen LogP contribution in [0.15, 0.2) is 11.6 Å². The Kier molecular flexibility index (Phi) is 3.45. The smallest absolute Gasteiger partial charge is 0.0625 e. The van der Waals surface area contributed by atoms with Crippen LogP contribution in [0.2, 0.25) is 0 Å². The number of hydrogen-bond acceptors (Lipinski definition) is 1. The standard InChI is InChI=1S/C5H6ClN/c1-5(6)3-2-4-7/h1-3H2. The molecule has 0 amide bonds. The summed E-state index contributed by atoms with van der Waals surface area (Å²) in [5, 5.41) is 8.52. The molecule has 0 heterocycles. The van der Waals surface area contributed by atoms with E-state index in [1.165, 1.54) is 0 Å². The van der Waals surface area contributed by atoms with Gasteiger partial charge in [0.15, 0.2) is 0 Å². The van der Waals surface area contributed by atoms with Gasteiger partial charge < -0.3 is 0 Å². The number of allylic oxidation sites excluding steroid dienone is 1. The summed E-state index contributed by atoms with van der Waals surface area (Å²) in [5.74, 6) is 0. The van der Waals surface area contributed by atoms with Crippen molar-refractivity contribution in [2.45, 2.75) is 12.8 Å². The monoisotopic (exact) mass is 115 g/mol. The van der Waals surface area contributed by atoms with Gasteiger partial charge in [0.05, 0.1) is 6.07 Å². The van der Waals surface area contributed by atoms with Crippen LogP contribution in [0.5, 0.6) is 0 Å². The fraction of sp³-hybridized carbons (Fsp3) is 0.400. The lowest BCUT2D eigenvalue weighted by atomic mass is 10.3. The molecular formula is C5H6ClN. The van der Waals surface area contributed by atoms with Gasteiger partial charge in [0, 0.05) is 11.5 Å². The lowest BCUT2D eigenvalue weighted by Gasteiger charge is -1.82. The van der Waals surface area contributed by atoms with Crippen LogP contribution in [0, 0.1) is 11.3 Å². The van der Waals surface area contributed by atoms with Gasteiger partial charge in [-0.1, -0.05) is 18.2 Å². The van der Waals surface area contributed by atoms with E-state index >= 15 is 0 Å². The first-order valence-corrected chi connectivity index (χ1v) is 2.35. The molecule has 0 radical (unpaired) electrons. The van der Waals surface area contributed by atoms with Gasteiger partial charge in [0.2, 0.25) is 0 Å². The molecule has 1 nitrogen and oxygen atoms in total. The molecular weight excluding hydrogens is 110 g/mol. The van der Waals surface area contributed by atoms with Crippen molar-refractivity contribution in [2.75, 3.05) is 0 Å². The third kappa shape index (κ3) is 5.52. The third-order valence-corrected chi connectivity index (χ3v) is 0.697. The second-order valence-electron chi connectivity index (χ2n) is 1.18. The zero-order valence-corrected chi connectivity index (χ0v) is 4.70. The molecule has 0 bridgehead atoms. The Morgan fingerprint density at radius 3 is 2.57 bits per heavy atom. The molecule has 0 aromatic heterocycles. The minimum absolute atomic E-state index is 0.475. The van der Waals surface area contributed by atoms with Crippen molar-refractivity contribution in [3.63, 3.8) is 0 Å². The minimum Gasteiger partial charge on any atom is -0.198 e. The normalized spacial score (nSPS) is 7.43. The topological polar surface area (TPSA) is 23.8 Å². The van der Waals surface area contributed by atoms with E-state index in [2.05, 4.69) is 6.58 Å². The Hall–Kier alpha value is -0.480. The zero-order chi connectivity index (χ0) is 5.70. The molecule has 0 aromatic carbocycles. The number of rotatable bonds is 2. The average Bonchev–Trinajstić information content (AvgIpc) is 1.61. The molecule has 0 aliphatic heterocycles. The first-order chi connectivity index (χ1) is 3.27. The summed E-state index contributed by atoms with van der Waals surface area (Å²) in [4.78, 5) is 0. The van der Waals surface area contributed by atoms with Crippen LogP contribution in [0.1, 0.15) is 12.8 Å². The molecule has 0 spiro atoms. The van der Waals surface area contributed by atoms with Gasteiger partial charge in [-0.15, -0.1) is 0 Å². The zero-order valence-electron chi connectivity index (χ0n) is 3.95. The highest BCUT2D eigenvalue weighted by Gasteiger charge is 1.83. The Morgan fingerprint density at radius 1 is 1.86 bits per heavy atom. The first kappa shape index (κ1) is 6.52. The minimum atomic E-state index is 0.475. The largest absolute Gasteiger partial charge is 0.198 e. The van der Waals surface area contributed by atoms with Crippen LogP contribution in [0.3, 0.4) is 0 Å². The first-order valence-electron chi connectivity index (χ1n) is 1.97. The molecule has 0 saturated heterocycles. The van der Waals surface area contributed by atoms with E-state index in [0.717, 1.165) is 0 Å². The van der Waals surface area contributed by atoms with E-state index in [9.17, 15) is 0 Å². The molecule has 0 aliphatic carbocycles. The molecule has 2 heteroatoms. The SMILES string of the molecule is C=C(Cl)CCC#N. The Balaban J connectivity index is 3.02. The molecule has 0 atom stereocenters. The van der Waals surface area contributed by atoms with Crippen molar-refractivity contribution in [2.24, 2.45) is 0 Å². The second kappa shape index (κ2) is 3.70. The summed E-state index contributed by atoms with van der Waals surface area (Å²) < 4.78 is 0. The molecule has 0 rings (SSSR count). The van der Waals surface area contributed by atoms with Crippen LogP contribution in [0.4, 0.5) is 0 Å². The van der Waals surface area contributed by atoms with Gasteiger partial charge in [0.1, 0.15) is 0 Å². The Morgan fingerprint density at radius 2 is 2.43 bits per heavy atom. The van der Waals surface area contributed by atoms with Crippen molar-refractivity contribution in [3.05, 3.63) is 11.6 Å². The lowest BCUT2D eigenvalue weighted by molar-refractivity contribution is 1.05. The predicted molar refractivity (Wildman–Crippen MR) is 29.8 cm³/mol. The molecule has 7 heavy (non-hydrogen) atoms. The molecule has 38 valence electrons. The van der Waals surface area contributed by atoms with Gasteiger partial charge >= 0.3 is 0 Å². The number of nitriles is 1. The average molecular weight is 116 g/mol. The summed E-state index contributed by atoms with van der Waals surface area (Å²) in [5.41, 5.74) is 0. The van der Waals surface area contributed by atoms with Crippen LogP contribution in [-0.2, 0) is 0 Å². The van der Waals surface area contributed by atoms with Crippen LogP contribution in [0.25, 0.3) is 0 Å². The third-order valence-electron chi connectivity index (χ3n) is 0.508. The maximum absolute atomic E-state index is 7.97. The van der Waals surface area contributed by atoms with E-state index < -0.39 is 0 Å². The van der Waals surface area contributed by atoms with Crippen molar-refractivity contribution in [3.8, 4) is 6.07 Å². The number of nitrogens with zero attached hydrogens (tertiary/aromatic N) is 1. The maximum Gasteiger partial charge on any atom is 0.0625 e. The van der Waals surface area contributed by atoms with Gasteiger partial charge in [0.25, 0.3) is 0 Å². The van der Waals surface area contributed by atoms with Crippen LogP contribution >= 0.6 is 11.6 Å². The van der Waals surface area contributed by atoms with Crippen molar-refractivity contribution in [1.82, 2.24) is 0 Å². The van der Waals surface area contributed by atoms with Gasteiger partial charge in [-0.2, -0.15) is 5.26 Å². The van der Waals surface area contributed by atoms with E-state index in [0.29, 0.717) is 17.9 Å². The van der Waals surface area contributed by atoms with E-state index in [4.69, 9.17) is 16.9 Å². The summed E-state index contributed by atoms with van der Waals surface area (Å²) in [6, 6.07) is 1.95. The second-order valence-corrected chi connectivity index (χ2v) is 1.71. The fourth-order valence-electron chi connectivity index (χ4n) is 0.192. The highest BCUT2D eigenvalue weighted by atomic mass is 35.5. The molecule has 0 saturated carbocycles. The number of hydrogen-bond donors (Lipinski definition) is 0. The molecule has 0 N–H and O–H groups in total. The Bertz CT molecular complexity index is 101.